The normalized spacial score (nSPS) is 10.2. The molecule has 0 atom stereocenters. The molecule has 156 valence electrons. The summed E-state index contributed by atoms with van der Waals surface area (Å²) in [6.07, 6.45) is 3.54. The molecular weight excluding hydrogens is 573 g/mol. The summed E-state index contributed by atoms with van der Waals surface area (Å²) >= 11 is 0. The number of aromatic nitrogens is 3. The van der Waals surface area contributed by atoms with Crippen LogP contribution < -0.4 is 0 Å². The molecule has 3 aromatic carbocycles. The van der Waals surface area contributed by atoms with Crippen LogP contribution in [-0.4, -0.2) is 14.5 Å². The summed E-state index contributed by atoms with van der Waals surface area (Å²) < 4.78 is 2.26. The molecule has 0 unspecified atom stereocenters. The zero-order valence-corrected chi connectivity index (χ0v) is 19.4. The van der Waals surface area contributed by atoms with Crippen LogP contribution in [0, 0.1) is 12.1 Å². The van der Waals surface area contributed by atoms with E-state index >= 15 is 0 Å². The number of para-hydroxylation sites is 1. The predicted molar refractivity (Wildman–Crippen MR) is 126 cm³/mol. The van der Waals surface area contributed by atoms with Gasteiger partial charge in [0.05, 0.1) is 11.4 Å². The monoisotopic (exact) mass is 592 g/mol. The summed E-state index contributed by atoms with van der Waals surface area (Å²) in [5.74, 6) is 0. The van der Waals surface area contributed by atoms with Crippen LogP contribution in [-0.2, 0) is 21.1 Å². The van der Waals surface area contributed by atoms with E-state index in [4.69, 9.17) is 0 Å². The van der Waals surface area contributed by atoms with E-state index < -0.39 is 0 Å². The van der Waals surface area contributed by atoms with Gasteiger partial charge in [-0.05, 0) is 36.4 Å². The van der Waals surface area contributed by atoms with Crippen molar-refractivity contribution in [2.45, 2.75) is 0 Å². The first-order valence-corrected chi connectivity index (χ1v) is 10.1. The molecule has 3 aromatic heterocycles. The number of hydrogen-bond donors (Lipinski definition) is 0. The molecular formula is C28H19N3Pt. The average molecular weight is 593 g/mol. The van der Waals surface area contributed by atoms with Crippen molar-refractivity contribution in [2.75, 3.05) is 0 Å². The number of rotatable bonds is 2. The van der Waals surface area contributed by atoms with Crippen molar-refractivity contribution < 1.29 is 21.1 Å². The van der Waals surface area contributed by atoms with Crippen LogP contribution in [0.4, 0.5) is 0 Å². The second-order valence-electron chi connectivity index (χ2n) is 6.96. The van der Waals surface area contributed by atoms with Gasteiger partial charge in [-0.1, -0.05) is 41.4 Å². The molecule has 0 aliphatic rings. The van der Waals surface area contributed by atoms with E-state index in [-0.39, 0.29) is 21.1 Å². The molecule has 0 fully saturated rings. The maximum Gasteiger partial charge on any atom is 2.00 e. The van der Waals surface area contributed by atoms with Gasteiger partial charge in [-0.3, -0.25) is 9.97 Å². The van der Waals surface area contributed by atoms with Crippen molar-refractivity contribution in [3.05, 3.63) is 128 Å². The molecule has 0 amide bonds. The number of nitrogens with zero attached hydrogens (tertiary/aromatic N) is 3. The largest absolute Gasteiger partial charge is 2.00 e. The molecule has 0 bridgehead atoms. The van der Waals surface area contributed by atoms with E-state index in [1.807, 2.05) is 66.7 Å². The molecule has 3 heterocycles. The minimum Gasteiger partial charge on any atom is -0.409 e. The Labute approximate surface area is 201 Å². The van der Waals surface area contributed by atoms with Gasteiger partial charge in [-0.2, -0.15) is 24.3 Å². The number of pyridine rings is 2. The Morgan fingerprint density at radius 2 is 1.03 bits per heavy atom. The zero-order valence-electron chi connectivity index (χ0n) is 17.1. The van der Waals surface area contributed by atoms with E-state index in [1.165, 1.54) is 16.7 Å². The Morgan fingerprint density at radius 3 is 1.50 bits per heavy atom. The van der Waals surface area contributed by atoms with E-state index in [0.717, 1.165) is 22.2 Å². The molecule has 0 aliphatic heterocycles. The van der Waals surface area contributed by atoms with Gasteiger partial charge in [0.1, 0.15) is 0 Å². The van der Waals surface area contributed by atoms with Gasteiger partial charge in [-0.15, -0.1) is 24.3 Å². The van der Waals surface area contributed by atoms with Crippen LogP contribution in [0.3, 0.4) is 0 Å². The first-order valence-electron chi connectivity index (χ1n) is 10.1. The van der Waals surface area contributed by atoms with Crippen molar-refractivity contribution in [3.63, 3.8) is 0 Å². The Hall–Kier alpha value is -3.55. The van der Waals surface area contributed by atoms with Crippen LogP contribution in [0.5, 0.6) is 0 Å². The molecule has 6 rings (SSSR count). The third kappa shape index (κ3) is 4.39. The van der Waals surface area contributed by atoms with E-state index in [0.29, 0.717) is 0 Å². The Morgan fingerprint density at radius 1 is 0.531 bits per heavy atom. The summed E-state index contributed by atoms with van der Waals surface area (Å²) in [5.41, 5.74) is 5.34. The quantitative estimate of drug-likeness (QED) is 0.214. The van der Waals surface area contributed by atoms with Crippen LogP contribution >= 0.6 is 0 Å². The summed E-state index contributed by atoms with van der Waals surface area (Å²) in [5, 5.41) is 2.25. The van der Waals surface area contributed by atoms with Gasteiger partial charge in [0.2, 0.25) is 0 Å². The Kier molecular flexibility index (Phi) is 6.89. The van der Waals surface area contributed by atoms with Crippen molar-refractivity contribution >= 4 is 21.8 Å². The number of hydrogen-bond acceptors (Lipinski definition) is 2. The van der Waals surface area contributed by atoms with Gasteiger partial charge in [0.15, 0.2) is 0 Å². The fourth-order valence-corrected chi connectivity index (χ4v) is 3.64. The third-order valence-electron chi connectivity index (χ3n) is 5.01. The van der Waals surface area contributed by atoms with E-state index in [9.17, 15) is 0 Å². The topological polar surface area (TPSA) is 30.7 Å². The first-order chi connectivity index (χ1) is 15.4. The molecule has 3 nitrogen and oxygen atoms in total. The SMILES string of the molecule is [Pt+2].[c-]1cccc2c1c1[c-]cccc1n2-c1ccccc1.c1ccc(-c2ccccn2)nc1. The van der Waals surface area contributed by atoms with Crippen molar-refractivity contribution in [3.8, 4) is 17.1 Å². The molecule has 0 saturated heterocycles. The maximum atomic E-state index is 4.19. The van der Waals surface area contributed by atoms with Crippen molar-refractivity contribution in [1.82, 2.24) is 14.5 Å². The summed E-state index contributed by atoms with van der Waals surface area (Å²) in [6, 6.07) is 40.9. The standard InChI is InChI=1S/C18H11N.C10H8N2.Pt/c1-2-8-14(9-3-1)19-17-12-6-4-10-15(17)16-11-5-7-13-18(16)19;1-3-7-11-9(5-1)10-6-2-4-8-12-10;/h1-9,12-13H;1-8H;/q-2;;+2. The molecule has 4 heteroatoms. The second kappa shape index (κ2) is 10.2. The van der Waals surface area contributed by atoms with E-state index in [2.05, 4.69) is 63.1 Å². The molecule has 0 spiro atoms. The molecule has 0 aliphatic carbocycles. The molecule has 0 saturated carbocycles. The molecule has 0 radical (unpaired) electrons. The molecule has 32 heavy (non-hydrogen) atoms. The van der Waals surface area contributed by atoms with Crippen LogP contribution in [0.1, 0.15) is 0 Å². The van der Waals surface area contributed by atoms with Gasteiger partial charge in [0, 0.05) is 18.1 Å². The Balaban J connectivity index is 0.000000164. The minimum atomic E-state index is 0. The zero-order chi connectivity index (χ0) is 20.9. The second-order valence-corrected chi connectivity index (χ2v) is 6.96. The van der Waals surface area contributed by atoms with Crippen LogP contribution in [0.25, 0.3) is 38.9 Å². The fraction of sp³-hybridized carbons (Fsp3) is 0. The van der Waals surface area contributed by atoms with Crippen LogP contribution in [0.2, 0.25) is 0 Å². The smallest absolute Gasteiger partial charge is 0.409 e. The maximum absolute atomic E-state index is 4.19. The minimum absolute atomic E-state index is 0. The van der Waals surface area contributed by atoms with Crippen molar-refractivity contribution in [1.29, 1.82) is 0 Å². The van der Waals surface area contributed by atoms with Gasteiger partial charge >= 0.3 is 21.1 Å². The summed E-state index contributed by atoms with van der Waals surface area (Å²) in [7, 11) is 0. The fourth-order valence-electron chi connectivity index (χ4n) is 3.64. The summed E-state index contributed by atoms with van der Waals surface area (Å²) in [4.78, 5) is 8.37. The third-order valence-corrected chi connectivity index (χ3v) is 5.01. The predicted octanol–water partition coefficient (Wildman–Crippen LogP) is 6.53. The first kappa shape index (κ1) is 21.7. The van der Waals surface area contributed by atoms with Gasteiger partial charge in [-0.25, -0.2) is 10.8 Å². The molecule has 6 aromatic rings. The van der Waals surface area contributed by atoms with Crippen molar-refractivity contribution in [2.24, 2.45) is 0 Å². The number of benzene rings is 3. The van der Waals surface area contributed by atoms with Crippen LogP contribution in [0.15, 0.2) is 116 Å². The molecule has 0 N–H and O–H groups in total. The number of fused-ring (bicyclic) bond motifs is 3. The average Bonchev–Trinajstić information content (AvgIpc) is 3.21. The van der Waals surface area contributed by atoms with Gasteiger partial charge < -0.3 is 4.57 Å². The Bertz CT molecular complexity index is 1320. The summed E-state index contributed by atoms with van der Waals surface area (Å²) in [6.45, 7) is 0. The van der Waals surface area contributed by atoms with E-state index in [1.54, 1.807) is 12.4 Å². The van der Waals surface area contributed by atoms with Gasteiger partial charge in [0.25, 0.3) is 0 Å².